The van der Waals surface area contributed by atoms with Gasteiger partial charge >= 0.3 is 0 Å². The van der Waals surface area contributed by atoms with Crippen molar-refractivity contribution in [3.8, 4) is 0 Å². The lowest BCUT2D eigenvalue weighted by atomic mass is 9.91. The summed E-state index contributed by atoms with van der Waals surface area (Å²) in [6.45, 7) is 4.41. The fourth-order valence-electron chi connectivity index (χ4n) is 2.20. The summed E-state index contributed by atoms with van der Waals surface area (Å²) in [7, 11) is 0. The Balaban J connectivity index is 2.06. The van der Waals surface area contributed by atoms with E-state index < -0.39 is 0 Å². The number of anilines is 1. The highest BCUT2D eigenvalue weighted by atomic mass is 15.0. The molecule has 0 spiro atoms. The molecule has 0 saturated heterocycles. The average molecular weight is 228 g/mol. The molecule has 0 saturated carbocycles. The van der Waals surface area contributed by atoms with E-state index in [1.807, 2.05) is 12.1 Å². The van der Waals surface area contributed by atoms with Crippen LogP contribution in [0.25, 0.3) is 0 Å². The maximum atomic E-state index is 5.70. The van der Waals surface area contributed by atoms with E-state index in [1.54, 1.807) is 0 Å². The summed E-state index contributed by atoms with van der Waals surface area (Å²) in [5, 5.41) is 3.65. The van der Waals surface area contributed by atoms with Gasteiger partial charge in [-0.3, -0.25) is 0 Å². The molecular formula is C15H20N2. The second kappa shape index (κ2) is 4.76. The molecule has 0 heterocycles. The topological polar surface area (TPSA) is 38.0 Å². The number of allylic oxidation sites excluding steroid dienone is 2. The third-order valence-electron chi connectivity index (χ3n) is 3.24. The predicted molar refractivity (Wildman–Crippen MR) is 73.7 cm³/mol. The first-order chi connectivity index (χ1) is 8.09. The van der Waals surface area contributed by atoms with E-state index in [-0.39, 0.29) is 5.54 Å². The molecule has 17 heavy (non-hydrogen) atoms. The zero-order valence-corrected chi connectivity index (χ0v) is 10.5. The molecule has 90 valence electrons. The molecule has 2 nitrogen and oxygen atoms in total. The van der Waals surface area contributed by atoms with Crippen LogP contribution in [0.15, 0.2) is 48.6 Å². The Labute approximate surface area is 103 Å². The summed E-state index contributed by atoms with van der Waals surface area (Å²) in [5.41, 5.74) is 7.83. The van der Waals surface area contributed by atoms with Crippen LogP contribution in [0.5, 0.6) is 0 Å². The molecule has 1 aliphatic rings. The van der Waals surface area contributed by atoms with Gasteiger partial charge in [0.25, 0.3) is 0 Å². The Kier molecular flexibility index (Phi) is 3.34. The van der Waals surface area contributed by atoms with Gasteiger partial charge in [0.2, 0.25) is 0 Å². The Morgan fingerprint density at radius 1 is 1.24 bits per heavy atom. The van der Waals surface area contributed by atoms with Crippen molar-refractivity contribution in [3.63, 3.8) is 0 Å². The minimum atomic E-state index is 0.0511. The molecule has 0 aromatic heterocycles. The zero-order valence-electron chi connectivity index (χ0n) is 10.5. The van der Waals surface area contributed by atoms with E-state index in [4.69, 9.17) is 5.73 Å². The SMILES string of the molecule is CC(NC1(C)C=CC=CC1)c1ccc(N)cc1. The minimum absolute atomic E-state index is 0.0511. The molecule has 2 heteroatoms. The van der Waals surface area contributed by atoms with Gasteiger partial charge in [-0.2, -0.15) is 0 Å². The van der Waals surface area contributed by atoms with Gasteiger partial charge in [-0.1, -0.05) is 36.4 Å². The predicted octanol–water partition coefficient (Wildman–Crippen LogP) is 3.19. The van der Waals surface area contributed by atoms with Crippen molar-refractivity contribution in [1.82, 2.24) is 5.32 Å². The van der Waals surface area contributed by atoms with E-state index in [1.165, 1.54) is 5.56 Å². The van der Waals surface area contributed by atoms with Gasteiger partial charge in [0.15, 0.2) is 0 Å². The highest BCUT2D eigenvalue weighted by Crippen LogP contribution is 2.23. The van der Waals surface area contributed by atoms with Gasteiger partial charge in [0.1, 0.15) is 0 Å². The van der Waals surface area contributed by atoms with Crippen LogP contribution in [-0.4, -0.2) is 5.54 Å². The molecule has 0 amide bonds. The smallest absolute Gasteiger partial charge is 0.0378 e. The van der Waals surface area contributed by atoms with Crippen molar-refractivity contribution in [2.24, 2.45) is 0 Å². The fraction of sp³-hybridized carbons (Fsp3) is 0.333. The van der Waals surface area contributed by atoms with Crippen molar-refractivity contribution in [3.05, 3.63) is 54.1 Å². The lowest BCUT2D eigenvalue weighted by Gasteiger charge is -2.32. The third kappa shape index (κ3) is 2.98. The van der Waals surface area contributed by atoms with E-state index in [2.05, 4.69) is 55.6 Å². The first-order valence-electron chi connectivity index (χ1n) is 6.07. The molecule has 0 radical (unpaired) electrons. The van der Waals surface area contributed by atoms with Crippen LogP contribution < -0.4 is 11.1 Å². The Bertz CT molecular complexity index is 431. The van der Waals surface area contributed by atoms with Crippen LogP contribution in [0.3, 0.4) is 0 Å². The van der Waals surface area contributed by atoms with Crippen molar-refractivity contribution in [1.29, 1.82) is 0 Å². The van der Waals surface area contributed by atoms with Crippen LogP contribution in [0.1, 0.15) is 31.9 Å². The van der Waals surface area contributed by atoms with Crippen molar-refractivity contribution >= 4 is 5.69 Å². The van der Waals surface area contributed by atoms with Crippen LogP contribution >= 0.6 is 0 Å². The van der Waals surface area contributed by atoms with Crippen molar-refractivity contribution < 1.29 is 0 Å². The molecule has 0 bridgehead atoms. The number of rotatable bonds is 3. The normalized spacial score (nSPS) is 24.8. The molecule has 0 fully saturated rings. The van der Waals surface area contributed by atoms with E-state index >= 15 is 0 Å². The largest absolute Gasteiger partial charge is 0.399 e. The summed E-state index contributed by atoms with van der Waals surface area (Å²) in [5.74, 6) is 0. The van der Waals surface area contributed by atoms with Crippen LogP contribution in [0.2, 0.25) is 0 Å². The van der Waals surface area contributed by atoms with Gasteiger partial charge < -0.3 is 11.1 Å². The number of nitrogens with one attached hydrogen (secondary N) is 1. The summed E-state index contributed by atoms with van der Waals surface area (Å²) < 4.78 is 0. The number of hydrogen-bond donors (Lipinski definition) is 2. The Morgan fingerprint density at radius 2 is 1.94 bits per heavy atom. The van der Waals surface area contributed by atoms with E-state index in [0.29, 0.717) is 6.04 Å². The van der Waals surface area contributed by atoms with Crippen LogP contribution in [-0.2, 0) is 0 Å². The molecule has 2 rings (SSSR count). The van der Waals surface area contributed by atoms with Gasteiger partial charge in [0.05, 0.1) is 0 Å². The highest BCUT2D eigenvalue weighted by Gasteiger charge is 2.22. The monoisotopic (exact) mass is 228 g/mol. The van der Waals surface area contributed by atoms with Gasteiger partial charge in [-0.05, 0) is 38.0 Å². The van der Waals surface area contributed by atoms with Gasteiger partial charge in [-0.25, -0.2) is 0 Å². The number of nitrogens with two attached hydrogens (primary N) is 1. The molecule has 3 N–H and O–H groups in total. The van der Waals surface area contributed by atoms with Gasteiger partial charge in [0, 0.05) is 17.3 Å². The summed E-state index contributed by atoms with van der Waals surface area (Å²) >= 11 is 0. The van der Waals surface area contributed by atoms with Gasteiger partial charge in [-0.15, -0.1) is 0 Å². The second-order valence-corrected chi connectivity index (χ2v) is 4.94. The number of nitrogen functional groups attached to an aromatic ring is 1. The fourth-order valence-corrected chi connectivity index (χ4v) is 2.20. The summed E-state index contributed by atoms with van der Waals surface area (Å²) in [6.07, 6.45) is 9.65. The Morgan fingerprint density at radius 3 is 2.53 bits per heavy atom. The lowest BCUT2D eigenvalue weighted by Crippen LogP contribution is -2.42. The first-order valence-corrected chi connectivity index (χ1v) is 6.07. The van der Waals surface area contributed by atoms with Crippen LogP contribution in [0, 0.1) is 0 Å². The molecule has 2 atom stereocenters. The second-order valence-electron chi connectivity index (χ2n) is 4.94. The van der Waals surface area contributed by atoms with Crippen LogP contribution in [0.4, 0.5) is 5.69 Å². The number of hydrogen-bond acceptors (Lipinski definition) is 2. The summed E-state index contributed by atoms with van der Waals surface area (Å²) in [6, 6.07) is 8.38. The van der Waals surface area contributed by atoms with E-state index in [0.717, 1.165) is 12.1 Å². The van der Waals surface area contributed by atoms with E-state index in [9.17, 15) is 0 Å². The minimum Gasteiger partial charge on any atom is -0.399 e. The van der Waals surface area contributed by atoms with Crippen molar-refractivity contribution in [2.75, 3.05) is 5.73 Å². The quantitative estimate of drug-likeness (QED) is 0.780. The molecule has 0 aliphatic heterocycles. The molecular weight excluding hydrogens is 208 g/mol. The molecule has 1 aromatic rings. The maximum Gasteiger partial charge on any atom is 0.0378 e. The van der Waals surface area contributed by atoms with Crippen molar-refractivity contribution in [2.45, 2.75) is 31.8 Å². The standard InChI is InChI=1S/C15H20N2/c1-12(13-6-8-14(16)9-7-13)17-15(2)10-4-3-5-11-15/h3-10,12,17H,11,16H2,1-2H3. The molecule has 2 unspecified atom stereocenters. The zero-order chi connectivity index (χ0) is 12.3. The average Bonchev–Trinajstić information content (AvgIpc) is 2.30. The highest BCUT2D eigenvalue weighted by molar-refractivity contribution is 5.40. The lowest BCUT2D eigenvalue weighted by molar-refractivity contribution is 0.389. The summed E-state index contributed by atoms with van der Waals surface area (Å²) in [4.78, 5) is 0. The first kappa shape index (κ1) is 11.9. The maximum absolute atomic E-state index is 5.70. The number of benzene rings is 1. The Hall–Kier alpha value is -1.54. The molecule has 1 aromatic carbocycles. The molecule has 1 aliphatic carbocycles. The third-order valence-corrected chi connectivity index (χ3v) is 3.24.